The van der Waals surface area contributed by atoms with Crippen molar-refractivity contribution in [2.75, 3.05) is 11.9 Å². The SMILES string of the molecule is Cc1nc(NCc2sc(C)nc2C)c(C)c(OCCC2CC2c2ccccn2)n1. The zero-order valence-electron chi connectivity index (χ0n) is 17.4. The summed E-state index contributed by atoms with van der Waals surface area (Å²) in [5.41, 5.74) is 3.23. The van der Waals surface area contributed by atoms with Crippen molar-refractivity contribution in [3.05, 3.63) is 57.1 Å². The Bertz CT molecular complexity index is 988. The summed E-state index contributed by atoms with van der Waals surface area (Å²) in [5, 5.41) is 4.52. The van der Waals surface area contributed by atoms with E-state index in [0.717, 1.165) is 28.5 Å². The zero-order valence-corrected chi connectivity index (χ0v) is 18.2. The quantitative estimate of drug-likeness (QED) is 0.579. The number of hydrogen-bond acceptors (Lipinski definition) is 7. The Morgan fingerprint density at radius 1 is 1.14 bits per heavy atom. The summed E-state index contributed by atoms with van der Waals surface area (Å²) in [6, 6.07) is 6.14. The van der Waals surface area contributed by atoms with Crippen LogP contribution in [-0.4, -0.2) is 26.5 Å². The molecule has 1 aliphatic carbocycles. The molecule has 1 aliphatic rings. The molecule has 1 fully saturated rings. The highest BCUT2D eigenvalue weighted by Crippen LogP contribution is 2.48. The van der Waals surface area contributed by atoms with Gasteiger partial charge in [-0.25, -0.2) is 9.97 Å². The number of ether oxygens (including phenoxy) is 1. The lowest BCUT2D eigenvalue weighted by atomic mass is 10.2. The van der Waals surface area contributed by atoms with Crippen molar-refractivity contribution in [3.63, 3.8) is 0 Å². The summed E-state index contributed by atoms with van der Waals surface area (Å²) in [5.74, 6) is 3.45. The highest BCUT2D eigenvalue weighted by Gasteiger charge is 2.38. The molecule has 0 amide bonds. The fourth-order valence-electron chi connectivity index (χ4n) is 3.65. The van der Waals surface area contributed by atoms with Gasteiger partial charge in [-0.3, -0.25) is 4.98 Å². The zero-order chi connectivity index (χ0) is 20.4. The summed E-state index contributed by atoms with van der Waals surface area (Å²) in [6.07, 6.45) is 4.09. The third kappa shape index (κ3) is 4.72. The molecule has 0 saturated heterocycles. The molecule has 1 N–H and O–H groups in total. The molecule has 3 aromatic rings. The van der Waals surface area contributed by atoms with Crippen LogP contribution < -0.4 is 10.1 Å². The Labute approximate surface area is 175 Å². The van der Waals surface area contributed by atoms with Crippen molar-refractivity contribution in [3.8, 4) is 5.88 Å². The van der Waals surface area contributed by atoms with Crippen molar-refractivity contribution < 1.29 is 4.74 Å². The van der Waals surface area contributed by atoms with Gasteiger partial charge in [-0.05, 0) is 58.6 Å². The molecule has 152 valence electrons. The van der Waals surface area contributed by atoms with Crippen LogP contribution in [0.25, 0.3) is 0 Å². The first kappa shape index (κ1) is 19.8. The van der Waals surface area contributed by atoms with E-state index in [2.05, 4.69) is 37.4 Å². The molecule has 0 aliphatic heterocycles. The third-order valence-corrected chi connectivity index (χ3v) is 6.42. The van der Waals surface area contributed by atoms with E-state index in [4.69, 9.17) is 4.74 Å². The lowest BCUT2D eigenvalue weighted by Crippen LogP contribution is -2.09. The Balaban J connectivity index is 1.34. The van der Waals surface area contributed by atoms with Gasteiger partial charge in [0, 0.05) is 22.7 Å². The van der Waals surface area contributed by atoms with Gasteiger partial charge in [0.05, 0.1) is 29.4 Å². The van der Waals surface area contributed by atoms with Gasteiger partial charge in [0.2, 0.25) is 5.88 Å². The van der Waals surface area contributed by atoms with Gasteiger partial charge in [0.25, 0.3) is 0 Å². The molecule has 3 heterocycles. The molecule has 29 heavy (non-hydrogen) atoms. The second-order valence-corrected chi connectivity index (χ2v) is 8.93. The summed E-state index contributed by atoms with van der Waals surface area (Å²) in [6.45, 7) is 9.36. The predicted octanol–water partition coefficient (Wildman–Crippen LogP) is 4.75. The molecule has 0 bridgehead atoms. The fraction of sp³-hybridized carbons (Fsp3) is 0.455. The Hall–Kier alpha value is -2.54. The predicted molar refractivity (Wildman–Crippen MR) is 116 cm³/mol. The number of anilines is 1. The van der Waals surface area contributed by atoms with E-state index in [0.29, 0.717) is 36.7 Å². The fourth-order valence-corrected chi connectivity index (χ4v) is 4.52. The van der Waals surface area contributed by atoms with Crippen LogP contribution in [0.4, 0.5) is 5.82 Å². The van der Waals surface area contributed by atoms with E-state index in [9.17, 15) is 0 Å². The van der Waals surface area contributed by atoms with Crippen LogP contribution in [0, 0.1) is 33.6 Å². The molecule has 0 radical (unpaired) electrons. The molecule has 7 heteroatoms. The third-order valence-electron chi connectivity index (χ3n) is 5.35. The molecule has 1 saturated carbocycles. The van der Waals surface area contributed by atoms with Crippen molar-refractivity contribution in [2.45, 2.75) is 53.0 Å². The number of pyridine rings is 1. The maximum atomic E-state index is 6.05. The first-order valence-electron chi connectivity index (χ1n) is 10.1. The molecular formula is C22H27N5OS. The number of rotatable bonds is 8. The smallest absolute Gasteiger partial charge is 0.221 e. The van der Waals surface area contributed by atoms with E-state index in [1.54, 1.807) is 11.3 Å². The summed E-state index contributed by atoms with van der Waals surface area (Å²) >= 11 is 1.72. The number of thiazole rings is 1. The summed E-state index contributed by atoms with van der Waals surface area (Å²) in [7, 11) is 0. The van der Waals surface area contributed by atoms with Gasteiger partial charge in [0.1, 0.15) is 11.6 Å². The van der Waals surface area contributed by atoms with Crippen LogP contribution in [0.2, 0.25) is 0 Å². The first-order chi connectivity index (χ1) is 14.0. The minimum Gasteiger partial charge on any atom is -0.477 e. The first-order valence-corrected chi connectivity index (χ1v) is 10.9. The largest absolute Gasteiger partial charge is 0.477 e. The van der Waals surface area contributed by atoms with Crippen molar-refractivity contribution >= 4 is 17.2 Å². The van der Waals surface area contributed by atoms with E-state index in [1.165, 1.54) is 17.0 Å². The van der Waals surface area contributed by atoms with Gasteiger partial charge in [-0.1, -0.05) is 6.07 Å². The molecule has 3 aromatic heterocycles. The molecule has 2 atom stereocenters. The van der Waals surface area contributed by atoms with Crippen molar-refractivity contribution in [1.29, 1.82) is 0 Å². The summed E-state index contributed by atoms with van der Waals surface area (Å²) < 4.78 is 6.05. The highest BCUT2D eigenvalue weighted by molar-refractivity contribution is 7.11. The maximum Gasteiger partial charge on any atom is 0.221 e. The van der Waals surface area contributed by atoms with Gasteiger partial charge in [-0.2, -0.15) is 4.98 Å². The maximum absolute atomic E-state index is 6.05. The summed E-state index contributed by atoms with van der Waals surface area (Å²) in [4.78, 5) is 19.3. The standard InChI is InChI=1S/C22H27N5OS/c1-13-21(24-12-20-14(2)25-16(4)29-20)26-15(3)27-22(13)28-10-8-17-11-18(17)19-7-5-6-9-23-19/h5-7,9,17-18H,8,10-12H2,1-4H3,(H,24,26,27). The van der Waals surface area contributed by atoms with Crippen LogP contribution in [0.1, 0.15) is 51.4 Å². The van der Waals surface area contributed by atoms with Crippen LogP contribution in [0.3, 0.4) is 0 Å². The second-order valence-electron chi connectivity index (χ2n) is 7.64. The normalized spacial score (nSPS) is 17.9. The number of aryl methyl sites for hydroxylation is 3. The minimum atomic E-state index is 0.580. The van der Waals surface area contributed by atoms with Gasteiger partial charge >= 0.3 is 0 Å². The Morgan fingerprint density at radius 3 is 2.72 bits per heavy atom. The average Bonchev–Trinajstić information content (AvgIpc) is 3.40. The topological polar surface area (TPSA) is 72.8 Å². The van der Waals surface area contributed by atoms with Crippen LogP contribution in [-0.2, 0) is 6.54 Å². The van der Waals surface area contributed by atoms with E-state index in [-0.39, 0.29) is 0 Å². The van der Waals surface area contributed by atoms with Crippen LogP contribution in [0.5, 0.6) is 5.88 Å². The van der Waals surface area contributed by atoms with E-state index >= 15 is 0 Å². The van der Waals surface area contributed by atoms with Crippen molar-refractivity contribution in [2.24, 2.45) is 5.92 Å². The Kier molecular flexibility index (Phi) is 5.76. The number of nitrogens with zero attached hydrogens (tertiary/aromatic N) is 4. The Morgan fingerprint density at radius 2 is 2.00 bits per heavy atom. The van der Waals surface area contributed by atoms with Crippen LogP contribution in [0.15, 0.2) is 24.4 Å². The number of aromatic nitrogens is 4. The minimum absolute atomic E-state index is 0.580. The molecule has 4 rings (SSSR count). The van der Waals surface area contributed by atoms with Gasteiger partial charge in [0.15, 0.2) is 0 Å². The van der Waals surface area contributed by atoms with E-state index in [1.807, 2.05) is 40.0 Å². The highest BCUT2D eigenvalue weighted by atomic mass is 32.1. The second kappa shape index (κ2) is 8.45. The molecular weight excluding hydrogens is 382 g/mol. The number of hydrogen-bond donors (Lipinski definition) is 1. The average molecular weight is 410 g/mol. The van der Waals surface area contributed by atoms with Crippen molar-refractivity contribution in [1.82, 2.24) is 19.9 Å². The lowest BCUT2D eigenvalue weighted by Gasteiger charge is -2.13. The molecule has 0 aromatic carbocycles. The monoisotopic (exact) mass is 409 g/mol. The van der Waals surface area contributed by atoms with Gasteiger partial charge in [-0.15, -0.1) is 11.3 Å². The lowest BCUT2D eigenvalue weighted by molar-refractivity contribution is 0.287. The van der Waals surface area contributed by atoms with Gasteiger partial charge < -0.3 is 10.1 Å². The van der Waals surface area contributed by atoms with Crippen LogP contribution >= 0.6 is 11.3 Å². The van der Waals surface area contributed by atoms with E-state index < -0.39 is 0 Å². The molecule has 0 spiro atoms. The molecule has 6 nitrogen and oxygen atoms in total. The molecule has 2 unspecified atom stereocenters. The number of nitrogens with one attached hydrogen (secondary N) is 1.